The van der Waals surface area contributed by atoms with Crippen molar-refractivity contribution in [2.75, 3.05) is 24.8 Å². The summed E-state index contributed by atoms with van der Waals surface area (Å²) < 4.78 is 12.7. The average Bonchev–Trinajstić information content (AvgIpc) is 2.86. The normalized spacial score (nSPS) is 10.9. The fourth-order valence-electron chi connectivity index (χ4n) is 3.41. The Morgan fingerprint density at radius 3 is 2.56 bits per heavy atom. The number of nitrogens with one attached hydrogen (secondary N) is 1. The number of anilines is 1. The van der Waals surface area contributed by atoms with Crippen LogP contribution in [0, 0.1) is 0 Å². The average molecular weight is 476 g/mol. The number of carbonyl (C=O) groups excluding carboxylic acids is 1. The zero-order valence-electron chi connectivity index (χ0n) is 18.8. The molecule has 0 saturated heterocycles. The zero-order valence-corrected chi connectivity index (χ0v) is 19.6. The molecule has 0 saturated carbocycles. The SMILES string of the molecule is COCCCn1c(SCC(=O)Nc2ccccc2Oc2ccccc2)nc2ccccc2c1=O. The number of benzene rings is 3. The fourth-order valence-corrected chi connectivity index (χ4v) is 4.24. The molecule has 0 unspecified atom stereocenters. The minimum absolute atomic E-state index is 0.0920. The van der Waals surface area contributed by atoms with E-state index in [0.717, 1.165) is 0 Å². The van der Waals surface area contributed by atoms with E-state index in [0.29, 0.717) is 52.8 Å². The van der Waals surface area contributed by atoms with Crippen LogP contribution in [-0.4, -0.2) is 34.9 Å². The lowest BCUT2D eigenvalue weighted by Gasteiger charge is -2.14. The van der Waals surface area contributed by atoms with Crippen LogP contribution in [0.1, 0.15) is 6.42 Å². The van der Waals surface area contributed by atoms with Gasteiger partial charge in [0.15, 0.2) is 10.9 Å². The highest BCUT2D eigenvalue weighted by atomic mass is 32.2. The van der Waals surface area contributed by atoms with Gasteiger partial charge in [-0.1, -0.05) is 54.2 Å². The summed E-state index contributed by atoms with van der Waals surface area (Å²) >= 11 is 1.23. The summed E-state index contributed by atoms with van der Waals surface area (Å²) in [6.45, 7) is 0.990. The van der Waals surface area contributed by atoms with Gasteiger partial charge in [0.2, 0.25) is 5.91 Å². The van der Waals surface area contributed by atoms with Gasteiger partial charge in [0.25, 0.3) is 5.56 Å². The monoisotopic (exact) mass is 475 g/mol. The molecule has 0 spiro atoms. The second kappa shape index (κ2) is 11.5. The van der Waals surface area contributed by atoms with Crippen LogP contribution in [0.2, 0.25) is 0 Å². The van der Waals surface area contributed by atoms with Gasteiger partial charge in [-0.05, 0) is 42.8 Å². The van der Waals surface area contributed by atoms with Crippen molar-refractivity contribution < 1.29 is 14.3 Å². The van der Waals surface area contributed by atoms with E-state index in [9.17, 15) is 9.59 Å². The predicted molar refractivity (Wildman–Crippen MR) is 135 cm³/mol. The number of aromatic nitrogens is 2. The standard InChI is InChI=1S/C26H25N3O4S/c1-32-17-9-16-29-25(31)20-12-5-6-13-21(20)28-26(29)34-18-24(30)27-22-14-7-8-15-23(22)33-19-10-3-2-4-11-19/h2-8,10-15H,9,16-18H2,1H3,(H,27,30). The smallest absolute Gasteiger partial charge is 0.262 e. The van der Waals surface area contributed by atoms with E-state index in [1.54, 1.807) is 35.9 Å². The molecule has 1 heterocycles. The summed E-state index contributed by atoms with van der Waals surface area (Å²) in [6.07, 6.45) is 0.667. The quantitative estimate of drug-likeness (QED) is 0.198. The minimum Gasteiger partial charge on any atom is -0.455 e. The van der Waals surface area contributed by atoms with Gasteiger partial charge in [0.05, 0.1) is 22.3 Å². The van der Waals surface area contributed by atoms with Crippen LogP contribution in [0.15, 0.2) is 88.8 Å². The molecular formula is C26H25N3O4S. The topological polar surface area (TPSA) is 82.4 Å². The molecule has 1 amide bonds. The minimum atomic E-state index is -0.222. The molecule has 7 nitrogen and oxygen atoms in total. The molecule has 0 radical (unpaired) electrons. The number of rotatable bonds is 10. The molecule has 8 heteroatoms. The number of para-hydroxylation sites is 4. The van der Waals surface area contributed by atoms with Crippen molar-refractivity contribution in [3.05, 3.63) is 89.2 Å². The Kier molecular flexibility index (Phi) is 7.95. The highest BCUT2D eigenvalue weighted by molar-refractivity contribution is 7.99. The van der Waals surface area contributed by atoms with Crippen molar-refractivity contribution in [1.82, 2.24) is 9.55 Å². The Morgan fingerprint density at radius 1 is 1.00 bits per heavy atom. The number of hydrogen-bond acceptors (Lipinski definition) is 6. The third kappa shape index (κ3) is 5.84. The van der Waals surface area contributed by atoms with Crippen molar-refractivity contribution in [2.24, 2.45) is 0 Å². The molecule has 0 bridgehead atoms. The Labute approximate surface area is 201 Å². The number of hydrogen-bond donors (Lipinski definition) is 1. The lowest BCUT2D eigenvalue weighted by Crippen LogP contribution is -2.25. The lowest BCUT2D eigenvalue weighted by molar-refractivity contribution is -0.113. The van der Waals surface area contributed by atoms with E-state index in [1.807, 2.05) is 54.6 Å². The summed E-state index contributed by atoms with van der Waals surface area (Å²) in [5, 5.41) is 3.96. The molecule has 0 aliphatic rings. The van der Waals surface area contributed by atoms with Gasteiger partial charge in [0, 0.05) is 20.3 Å². The van der Waals surface area contributed by atoms with Gasteiger partial charge in [0.1, 0.15) is 5.75 Å². The molecule has 3 aromatic carbocycles. The van der Waals surface area contributed by atoms with Crippen LogP contribution in [0.3, 0.4) is 0 Å². The van der Waals surface area contributed by atoms with Gasteiger partial charge < -0.3 is 14.8 Å². The molecule has 34 heavy (non-hydrogen) atoms. The van der Waals surface area contributed by atoms with Crippen LogP contribution < -0.4 is 15.6 Å². The van der Waals surface area contributed by atoms with Gasteiger partial charge in [-0.15, -0.1) is 0 Å². The summed E-state index contributed by atoms with van der Waals surface area (Å²) in [6, 6.07) is 23.9. The first-order chi connectivity index (χ1) is 16.7. The maximum Gasteiger partial charge on any atom is 0.262 e. The van der Waals surface area contributed by atoms with Crippen LogP contribution >= 0.6 is 11.8 Å². The van der Waals surface area contributed by atoms with Crippen molar-refractivity contribution >= 4 is 34.3 Å². The van der Waals surface area contributed by atoms with E-state index >= 15 is 0 Å². The summed E-state index contributed by atoms with van der Waals surface area (Å²) in [7, 11) is 1.63. The van der Waals surface area contributed by atoms with Crippen LogP contribution in [0.4, 0.5) is 5.69 Å². The molecule has 1 aromatic heterocycles. The fraction of sp³-hybridized carbons (Fsp3) is 0.192. The Hall–Kier alpha value is -3.62. The van der Waals surface area contributed by atoms with E-state index < -0.39 is 0 Å². The first-order valence-electron chi connectivity index (χ1n) is 10.9. The van der Waals surface area contributed by atoms with Crippen molar-refractivity contribution in [1.29, 1.82) is 0 Å². The van der Waals surface area contributed by atoms with Crippen LogP contribution in [0.25, 0.3) is 10.9 Å². The molecule has 0 aliphatic heterocycles. The van der Waals surface area contributed by atoms with E-state index in [1.165, 1.54) is 11.8 Å². The summed E-state index contributed by atoms with van der Waals surface area (Å²) in [5.74, 6) is 1.10. The number of amides is 1. The predicted octanol–water partition coefficient (Wildman–Crippen LogP) is 4.96. The third-order valence-corrected chi connectivity index (χ3v) is 6.00. The van der Waals surface area contributed by atoms with Crippen molar-refractivity contribution in [3.63, 3.8) is 0 Å². The van der Waals surface area contributed by atoms with Gasteiger partial charge in [-0.2, -0.15) is 0 Å². The molecule has 174 valence electrons. The third-order valence-electron chi connectivity index (χ3n) is 5.02. The molecule has 0 atom stereocenters. The number of methoxy groups -OCH3 is 1. The highest BCUT2D eigenvalue weighted by Gasteiger charge is 2.14. The van der Waals surface area contributed by atoms with Gasteiger partial charge in [-0.3, -0.25) is 14.2 Å². The van der Waals surface area contributed by atoms with Gasteiger partial charge >= 0.3 is 0 Å². The molecule has 0 aliphatic carbocycles. The number of thioether (sulfide) groups is 1. The highest BCUT2D eigenvalue weighted by Crippen LogP contribution is 2.29. The molecule has 0 fully saturated rings. The summed E-state index contributed by atoms with van der Waals surface area (Å²) in [5.41, 5.74) is 1.06. The maximum atomic E-state index is 13.0. The molecule has 4 aromatic rings. The first kappa shape index (κ1) is 23.5. The van der Waals surface area contributed by atoms with Crippen LogP contribution in [0.5, 0.6) is 11.5 Å². The molecule has 4 rings (SSSR count). The number of carbonyl (C=O) groups is 1. The molecule has 1 N–H and O–H groups in total. The van der Waals surface area contributed by atoms with E-state index in [4.69, 9.17) is 9.47 Å². The van der Waals surface area contributed by atoms with E-state index in [-0.39, 0.29) is 17.2 Å². The summed E-state index contributed by atoms with van der Waals surface area (Å²) in [4.78, 5) is 30.5. The van der Waals surface area contributed by atoms with Crippen molar-refractivity contribution in [2.45, 2.75) is 18.1 Å². The zero-order chi connectivity index (χ0) is 23.8. The number of fused-ring (bicyclic) bond motifs is 1. The van der Waals surface area contributed by atoms with Crippen LogP contribution in [-0.2, 0) is 16.1 Å². The largest absolute Gasteiger partial charge is 0.455 e. The second-order valence-electron chi connectivity index (χ2n) is 7.46. The lowest BCUT2D eigenvalue weighted by atomic mass is 10.2. The van der Waals surface area contributed by atoms with E-state index in [2.05, 4.69) is 10.3 Å². The molecular weight excluding hydrogens is 450 g/mol. The first-order valence-corrected chi connectivity index (χ1v) is 11.9. The van der Waals surface area contributed by atoms with Gasteiger partial charge in [-0.25, -0.2) is 4.98 Å². The maximum absolute atomic E-state index is 13.0. The second-order valence-corrected chi connectivity index (χ2v) is 8.41. The Balaban J connectivity index is 1.49. The Bertz CT molecular complexity index is 1320. The number of nitrogens with zero attached hydrogens (tertiary/aromatic N) is 2. The Morgan fingerprint density at radius 2 is 1.74 bits per heavy atom. The number of ether oxygens (including phenoxy) is 2. The van der Waals surface area contributed by atoms with Crippen molar-refractivity contribution in [3.8, 4) is 11.5 Å².